The predicted octanol–water partition coefficient (Wildman–Crippen LogP) is 0.835. The van der Waals surface area contributed by atoms with Gasteiger partial charge in [-0.05, 0) is 12.8 Å². The number of carboxylic acids is 1. The molecule has 2 N–H and O–H groups in total. The van der Waals surface area contributed by atoms with E-state index in [4.69, 9.17) is 0 Å². The van der Waals surface area contributed by atoms with Crippen molar-refractivity contribution in [3.63, 3.8) is 0 Å². The molecule has 94 valence electrons. The van der Waals surface area contributed by atoms with E-state index in [1.807, 2.05) is 0 Å². The Morgan fingerprint density at radius 1 is 1.65 bits per heavy atom. The summed E-state index contributed by atoms with van der Waals surface area (Å²) in [6.07, 6.45) is -2.37. The van der Waals surface area contributed by atoms with Crippen LogP contribution in [0.1, 0.15) is 30.5 Å². The summed E-state index contributed by atoms with van der Waals surface area (Å²) in [6.45, 7) is 0. The Kier molecular flexibility index (Phi) is 2.65. The third-order valence-electron chi connectivity index (χ3n) is 3.16. The van der Waals surface area contributed by atoms with Gasteiger partial charge in [-0.2, -0.15) is 5.10 Å². The smallest absolute Gasteiger partial charge is 0.314 e. The van der Waals surface area contributed by atoms with Crippen molar-refractivity contribution in [3.8, 4) is 0 Å². The van der Waals surface area contributed by atoms with Crippen molar-refractivity contribution in [1.82, 2.24) is 9.78 Å². The fourth-order valence-corrected chi connectivity index (χ4v) is 2.29. The number of nitrogens with zero attached hydrogens (tertiary/aromatic N) is 2. The maximum atomic E-state index is 12.8. The number of hydrogen-bond acceptors (Lipinski definition) is 3. The number of alkyl halides is 2. The van der Waals surface area contributed by atoms with E-state index in [0.29, 0.717) is 0 Å². The first kappa shape index (κ1) is 12.0. The monoisotopic (exact) mass is 246 g/mol. The molecule has 0 atom stereocenters. The van der Waals surface area contributed by atoms with E-state index in [0.717, 1.165) is 0 Å². The molecule has 1 aliphatic carbocycles. The van der Waals surface area contributed by atoms with Gasteiger partial charge in [-0.1, -0.05) is 0 Å². The van der Waals surface area contributed by atoms with E-state index >= 15 is 0 Å². The van der Waals surface area contributed by atoms with Crippen LogP contribution >= 0.6 is 0 Å². The highest BCUT2D eigenvalue weighted by molar-refractivity contribution is 5.83. The number of carbonyl (C=O) groups is 1. The Morgan fingerprint density at radius 2 is 2.24 bits per heavy atom. The lowest BCUT2D eigenvalue weighted by atomic mass is 9.63. The summed E-state index contributed by atoms with van der Waals surface area (Å²) in [5, 5.41) is 22.0. The lowest BCUT2D eigenvalue weighted by Gasteiger charge is -2.41. The number of aliphatic hydroxyl groups is 1. The van der Waals surface area contributed by atoms with Gasteiger partial charge in [0.05, 0.1) is 6.10 Å². The molecule has 0 unspecified atom stereocenters. The fourth-order valence-electron chi connectivity index (χ4n) is 2.29. The Hall–Kier alpha value is -1.50. The summed E-state index contributed by atoms with van der Waals surface area (Å²) in [6, 6.07) is 0. The molecule has 0 amide bonds. The Morgan fingerprint density at radius 3 is 2.65 bits per heavy atom. The number of aliphatic hydroxyl groups excluding tert-OH is 1. The third kappa shape index (κ3) is 1.70. The molecule has 0 saturated heterocycles. The number of aryl methyl sites for hydroxylation is 1. The van der Waals surface area contributed by atoms with Crippen LogP contribution in [0.4, 0.5) is 8.78 Å². The first-order chi connectivity index (χ1) is 7.86. The first-order valence-corrected chi connectivity index (χ1v) is 5.10. The van der Waals surface area contributed by atoms with Crippen molar-refractivity contribution in [1.29, 1.82) is 0 Å². The molecule has 0 radical (unpaired) electrons. The minimum Gasteiger partial charge on any atom is -0.481 e. The van der Waals surface area contributed by atoms with Crippen molar-refractivity contribution < 1.29 is 23.8 Å². The Balaban J connectivity index is 2.48. The first-order valence-electron chi connectivity index (χ1n) is 5.10. The minimum atomic E-state index is -2.82. The van der Waals surface area contributed by atoms with Crippen LogP contribution in [0.3, 0.4) is 0 Å². The average Bonchev–Trinajstić information content (AvgIpc) is 2.54. The quantitative estimate of drug-likeness (QED) is 0.828. The van der Waals surface area contributed by atoms with Gasteiger partial charge >= 0.3 is 5.97 Å². The second kappa shape index (κ2) is 3.76. The lowest BCUT2D eigenvalue weighted by molar-refractivity contribution is -0.153. The molecule has 1 fully saturated rings. The number of aromatic nitrogens is 2. The van der Waals surface area contributed by atoms with Crippen molar-refractivity contribution >= 4 is 5.97 Å². The van der Waals surface area contributed by atoms with Crippen LogP contribution in [0.15, 0.2) is 6.20 Å². The average molecular weight is 246 g/mol. The molecular formula is C10H12F2N2O3. The highest BCUT2D eigenvalue weighted by atomic mass is 19.3. The Bertz CT molecular complexity index is 452. The second-order valence-corrected chi connectivity index (χ2v) is 4.35. The lowest BCUT2D eigenvalue weighted by Crippen LogP contribution is -2.50. The fraction of sp³-hybridized carbons (Fsp3) is 0.600. The molecule has 2 rings (SSSR count). The van der Waals surface area contributed by atoms with Gasteiger partial charge in [-0.25, -0.2) is 8.78 Å². The van der Waals surface area contributed by atoms with Crippen LogP contribution in [0.5, 0.6) is 0 Å². The molecule has 1 aliphatic rings. The molecule has 1 aromatic heterocycles. The molecule has 0 bridgehead atoms. The molecule has 7 heteroatoms. The Labute approximate surface area is 95.7 Å². The highest BCUT2D eigenvalue weighted by Gasteiger charge is 2.54. The van der Waals surface area contributed by atoms with E-state index in [-0.39, 0.29) is 18.4 Å². The molecular weight excluding hydrogens is 234 g/mol. The number of carboxylic acid groups (broad SMARTS) is 1. The predicted molar refractivity (Wildman–Crippen MR) is 52.7 cm³/mol. The molecule has 17 heavy (non-hydrogen) atoms. The molecule has 1 aromatic rings. The van der Waals surface area contributed by atoms with Gasteiger partial charge in [-0.3, -0.25) is 9.48 Å². The van der Waals surface area contributed by atoms with Gasteiger partial charge in [0, 0.05) is 18.8 Å². The summed E-state index contributed by atoms with van der Waals surface area (Å²) in [4.78, 5) is 11.2. The zero-order valence-corrected chi connectivity index (χ0v) is 9.10. The van der Waals surface area contributed by atoms with E-state index < -0.39 is 29.6 Å². The SMILES string of the molecule is Cn1cc(C2(C(=O)O)CC(O)C2)c(C(F)F)n1. The maximum Gasteiger partial charge on any atom is 0.314 e. The van der Waals surface area contributed by atoms with Gasteiger partial charge in [-0.15, -0.1) is 0 Å². The number of hydrogen-bond donors (Lipinski definition) is 2. The van der Waals surface area contributed by atoms with E-state index in [1.165, 1.54) is 17.9 Å². The standard InChI is InChI=1S/C10H12F2N2O3/c1-14-4-6(7(13-14)8(11)12)10(9(16)17)2-5(15)3-10/h4-5,8,15H,2-3H2,1H3,(H,16,17). The summed E-state index contributed by atoms with van der Waals surface area (Å²) < 4.78 is 26.7. The van der Waals surface area contributed by atoms with Gasteiger partial charge in [0.1, 0.15) is 11.1 Å². The highest BCUT2D eigenvalue weighted by Crippen LogP contribution is 2.46. The zero-order chi connectivity index (χ0) is 12.8. The van der Waals surface area contributed by atoms with Crippen LogP contribution in [0.25, 0.3) is 0 Å². The van der Waals surface area contributed by atoms with Crippen LogP contribution in [0, 0.1) is 0 Å². The van der Waals surface area contributed by atoms with Crippen molar-refractivity contribution in [2.24, 2.45) is 7.05 Å². The van der Waals surface area contributed by atoms with Gasteiger partial charge in [0.15, 0.2) is 0 Å². The summed E-state index contributed by atoms with van der Waals surface area (Å²) in [5.74, 6) is -1.20. The number of halogens is 2. The van der Waals surface area contributed by atoms with E-state index in [2.05, 4.69) is 5.10 Å². The molecule has 0 aliphatic heterocycles. The summed E-state index contributed by atoms with van der Waals surface area (Å²) in [7, 11) is 1.46. The number of rotatable bonds is 3. The second-order valence-electron chi connectivity index (χ2n) is 4.35. The van der Waals surface area contributed by atoms with E-state index in [1.54, 1.807) is 0 Å². The third-order valence-corrected chi connectivity index (χ3v) is 3.16. The van der Waals surface area contributed by atoms with Gasteiger partial charge < -0.3 is 10.2 Å². The van der Waals surface area contributed by atoms with Crippen molar-refractivity contribution in [2.45, 2.75) is 30.8 Å². The molecule has 0 spiro atoms. The molecule has 1 saturated carbocycles. The minimum absolute atomic E-state index is 0.00722. The maximum absolute atomic E-state index is 12.8. The van der Waals surface area contributed by atoms with Crippen molar-refractivity contribution in [3.05, 3.63) is 17.5 Å². The summed E-state index contributed by atoms with van der Waals surface area (Å²) >= 11 is 0. The van der Waals surface area contributed by atoms with Crippen LogP contribution < -0.4 is 0 Å². The van der Waals surface area contributed by atoms with Crippen LogP contribution in [0.2, 0.25) is 0 Å². The van der Waals surface area contributed by atoms with Crippen molar-refractivity contribution in [2.75, 3.05) is 0 Å². The van der Waals surface area contributed by atoms with E-state index in [9.17, 15) is 23.8 Å². The normalized spacial score (nSPS) is 28.2. The number of aliphatic carboxylic acids is 1. The summed E-state index contributed by atoms with van der Waals surface area (Å²) in [5.41, 5.74) is -1.92. The van der Waals surface area contributed by atoms with Crippen LogP contribution in [-0.4, -0.2) is 32.1 Å². The largest absolute Gasteiger partial charge is 0.481 e. The van der Waals surface area contributed by atoms with Crippen LogP contribution in [-0.2, 0) is 17.3 Å². The van der Waals surface area contributed by atoms with Gasteiger partial charge in [0.2, 0.25) is 0 Å². The molecule has 0 aromatic carbocycles. The topological polar surface area (TPSA) is 75.4 Å². The molecule has 1 heterocycles. The zero-order valence-electron chi connectivity index (χ0n) is 9.10. The van der Waals surface area contributed by atoms with Gasteiger partial charge in [0.25, 0.3) is 6.43 Å². The molecule has 5 nitrogen and oxygen atoms in total.